The lowest BCUT2D eigenvalue weighted by Gasteiger charge is -2.18. The Balaban J connectivity index is 4.36. The maximum Gasteiger partial charge on any atom is 0.306 e. The molecule has 6 nitrogen and oxygen atoms in total. The van der Waals surface area contributed by atoms with Crippen LogP contribution in [-0.2, 0) is 28.6 Å². The maximum absolute atomic E-state index is 12.8. The minimum absolute atomic E-state index is 0.0745. The Morgan fingerprint density at radius 2 is 0.550 bits per heavy atom. The Bertz CT molecular complexity index is 973. The summed E-state index contributed by atoms with van der Waals surface area (Å²) in [6, 6.07) is 0. The zero-order chi connectivity index (χ0) is 43.7. The number of hydrogen-bond donors (Lipinski definition) is 0. The molecule has 0 bridgehead atoms. The van der Waals surface area contributed by atoms with Gasteiger partial charge in [-0.15, -0.1) is 0 Å². The first-order chi connectivity index (χ1) is 29.5. The molecule has 0 unspecified atom stereocenters. The molecule has 0 heterocycles. The van der Waals surface area contributed by atoms with Crippen molar-refractivity contribution in [1.29, 1.82) is 0 Å². The summed E-state index contributed by atoms with van der Waals surface area (Å²) in [6.45, 7) is 6.63. The number of hydrogen-bond acceptors (Lipinski definition) is 6. The van der Waals surface area contributed by atoms with E-state index in [1.54, 1.807) is 0 Å². The van der Waals surface area contributed by atoms with E-state index < -0.39 is 6.10 Å². The van der Waals surface area contributed by atoms with E-state index in [2.05, 4.69) is 45.1 Å². The lowest BCUT2D eigenvalue weighted by molar-refractivity contribution is -0.167. The molecule has 0 aliphatic heterocycles. The van der Waals surface area contributed by atoms with Gasteiger partial charge in [0.25, 0.3) is 0 Å². The van der Waals surface area contributed by atoms with Crippen LogP contribution >= 0.6 is 0 Å². The Kier molecular flexibility index (Phi) is 47.8. The molecule has 0 fully saturated rings. The van der Waals surface area contributed by atoms with Crippen molar-refractivity contribution in [1.82, 2.24) is 0 Å². The van der Waals surface area contributed by atoms with Crippen molar-refractivity contribution in [2.24, 2.45) is 0 Å². The molecule has 0 aliphatic carbocycles. The summed E-state index contributed by atoms with van der Waals surface area (Å²) < 4.78 is 16.8. The molecular weight excluding hydrogens is 745 g/mol. The van der Waals surface area contributed by atoms with Crippen LogP contribution in [0.2, 0.25) is 0 Å². The molecule has 60 heavy (non-hydrogen) atoms. The van der Waals surface area contributed by atoms with E-state index in [1.807, 2.05) is 0 Å². The molecule has 0 aromatic rings. The molecule has 0 aromatic heterocycles. The molecule has 0 saturated heterocycles. The van der Waals surface area contributed by atoms with Gasteiger partial charge in [0.05, 0.1) is 0 Å². The van der Waals surface area contributed by atoms with Crippen molar-refractivity contribution in [3.63, 3.8) is 0 Å². The molecule has 0 amide bonds. The van der Waals surface area contributed by atoms with E-state index in [1.165, 1.54) is 173 Å². The van der Waals surface area contributed by atoms with Gasteiger partial charge in [-0.25, -0.2) is 0 Å². The first-order valence-corrected chi connectivity index (χ1v) is 26.3. The van der Waals surface area contributed by atoms with Crippen LogP contribution in [0, 0.1) is 0 Å². The summed E-state index contributed by atoms with van der Waals surface area (Å²) >= 11 is 0. The van der Waals surface area contributed by atoms with Gasteiger partial charge in [0.2, 0.25) is 0 Å². The molecule has 0 aromatic carbocycles. The van der Waals surface area contributed by atoms with Crippen LogP contribution in [0.15, 0.2) is 24.3 Å². The summed E-state index contributed by atoms with van der Waals surface area (Å²) in [4.78, 5) is 38.0. The average molecular weight is 845 g/mol. The van der Waals surface area contributed by atoms with Crippen LogP contribution < -0.4 is 0 Å². The smallest absolute Gasteiger partial charge is 0.306 e. The third kappa shape index (κ3) is 46.9. The SMILES string of the molecule is CCCCCC/C=C\CCCCCCCC(=O)OC[C@H](COC(=O)CCCCCCC/C=C\CCCCCCCC)OC(=O)CCCCCCCCCCCCCCCC. The normalized spacial score (nSPS) is 12.1. The average Bonchev–Trinajstić information content (AvgIpc) is 3.24. The first kappa shape index (κ1) is 57.9. The zero-order valence-electron chi connectivity index (χ0n) is 40.2. The second-order valence-electron chi connectivity index (χ2n) is 17.8. The first-order valence-electron chi connectivity index (χ1n) is 26.3. The van der Waals surface area contributed by atoms with Crippen LogP contribution in [0.4, 0.5) is 0 Å². The number of ether oxygens (including phenoxy) is 3. The van der Waals surface area contributed by atoms with Gasteiger partial charge in [-0.2, -0.15) is 0 Å². The highest BCUT2D eigenvalue weighted by Gasteiger charge is 2.19. The van der Waals surface area contributed by atoms with Crippen molar-refractivity contribution >= 4 is 17.9 Å². The molecule has 0 spiro atoms. The molecule has 352 valence electrons. The molecule has 0 saturated carbocycles. The zero-order valence-corrected chi connectivity index (χ0v) is 40.2. The van der Waals surface area contributed by atoms with Gasteiger partial charge in [-0.1, -0.05) is 218 Å². The van der Waals surface area contributed by atoms with Gasteiger partial charge >= 0.3 is 17.9 Å². The fourth-order valence-corrected chi connectivity index (χ4v) is 7.67. The van der Waals surface area contributed by atoms with Gasteiger partial charge in [-0.3, -0.25) is 14.4 Å². The summed E-state index contributed by atoms with van der Waals surface area (Å²) in [5, 5.41) is 0. The molecule has 6 heteroatoms. The van der Waals surface area contributed by atoms with E-state index in [-0.39, 0.29) is 31.1 Å². The number of rotatable bonds is 48. The largest absolute Gasteiger partial charge is 0.462 e. The fraction of sp³-hybridized carbons (Fsp3) is 0.870. The molecule has 0 rings (SSSR count). The van der Waals surface area contributed by atoms with Crippen molar-refractivity contribution in [3.05, 3.63) is 24.3 Å². The fourth-order valence-electron chi connectivity index (χ4n) is 7.67. The second kappa shape index (κ2) is 49.5. The predicted molar refractivity (Wildman–Crippen MR) is 256 cm³/mol. The Morgan fingerprint density at radius 1 is 0.317 bits per heavy atom. The van der Waals surface area contributed by atoms with E-state index in [9.17, 15) is 14.4 Å². The van der Waals surface area contributed by atoms with Crippen LogP contribution in [0.3, 0.4) is 0 Å². The maximum atomic E-state index is 12.8. The molecule has 0 N–H and O–H groups in total. The van der Waals surface area contributed by atoms with E-state index in [0.717, 1.165) is 70.6 Å². The van der Waals surface area contributed by atoms with Crippen molar-refractivity contribution < 1.29 is 28.6 Å². The number of allylic oxidation sites excluding steroid dienone is 4. The van der Waals surface area contributed by atoms with Crippen LogP contribution in [-0.4, -0.2) is 37.2 Å². The van der Waals surface area contributed by atoms with Gasteiger partial charge in [0.15, 0.2) is 6.10 Å². The Morgan fingerprint density at radius 3 is 0.850 bits per heavy atom. The highest BCUT2D eigenvalue weighted by molar-refractivity contribution is 5.71. The summed E-state index contributed by atoms with van der Waals surface area (Å²) in [5.41, 5.74) is 0. The highest BCUT2D eigenvalue weighted by atomic mass is 16.6. The van der Waals surface area contributed by atoms with Gasteiger partial charge in [0.1, 0.15) is 13.2 Å². The Labute approximate surface area is 373 Å². The minimum Gasteiger partial charge on any atom is -0.462 e. The molecule has 0 aliphatic rings. The third-order valence-corrected chi connectivity index (χ3v) is 11.7. The standard InChI is InChI=1S/C54H100O6/c1-4-7-10-13-16-19-22-25-27-30-32-35-38-41-44-47-53(56)59-50-51(49-58-52(55)46-43-40-37-34-31-28-24-21-18-15-12-9-6-3)60-54(57)48-45-42-39-36-33-29-26-23-20-17-14-11-8-5-2/h21,24-25,27,51H,4-20,22-23,26,28-50H2,1-3H3/b24-21-,27-25-/t51-/m1/s1. The quantitative estimate of drug-likeness (QED) is 0.0263. The number of carbonyl (C=O) groups is 3. The minimum atomic E-state index is -0.772. The van der Waals surface area contributed by atoms with E-state index in [4.69, 9.17) is 14.2 Å². The highest BCUT2D eigenvalue weighted by Crippen LogP contribution is 2.16. The lowest BCUT2D eigenvalue weighted by atomic mass is 10.0. The van der Waals surface area contributed by atoms with Crippen molar-refractivity contribution in [3.8, 4) is 0 Å². The lowest BCUT2D eigenvalue weighted by Crippen LogP contribution is -2.30. The van der Waals surface area contributed by atoms with E-state index >= 15 is 0 Å². The number of esters is 3. The van der Waals surface area contributed by atoms with Crippen molar-refractivity contribution in [2.75, 3.05) is 13.2 Å². The van der Waals surface area contributed by atoms with Crippen LogP contribution in [0.1, 0.15) is 284 Å². The van der Waals surface area contributed by atoms with Crippen molar-refractivity contribution in [2.45, 2.75) is 290 Å². The second-order valence-corrected chi connectivity index (χ2v) is 17.8. The van der Waals surface area contributed by atoms with Crippen LogP contribution in [0.5, 0.6) is 0 Å². The number of carbonyl (C=O) groups excluding carboxylic acids is 3. The molecule has 0 radical (unpaired) electrons. The molecular formula is C54H100O6. The topological polar surface area (TPSA) is 78.9 Å². The monoisotopic (exact) mass is 845 g/mol. The Hall–Kier alpha value is -2.11. The molecule has 1 atom stereocenters. The van der Waals surface area contributed by atoms with Crippen LogP contribution in [0.25, 0.3) is 0 Å². The van der Waals surface area contributed by atoms with Gasteiger partial charge in [0, 0.05) is 19.3 Å². The van der Waals surface area contributed by atoms with E-state index in [0.29, 0.717) is 19.3 Å². The summed E-state index contributed by atoms with van der Waals surface area (Å²) in [6.07, 6.45) is 55.8. The third-order valence-electron chi connectivity index (χ3n) is 11.7. The van der Waals surface area contributed by atoms with Gasteiger partial charge < -0.3 is 14.2 Å². The predicted octanol–water partition coefficient (Wildman–Crippen LogP) is 17.2. The summed E-state index contributed by atoms with van der Waals surface area (Å²) in [7, 11) is 0. The summed E-state index contributed by atoms with van der Waals surface area (Å²) in [5.74, 6) is -0.877. The number of unbranched alkanes of at least 4 members (excludes halogenated alkanes) is 33. The van der Waals surface area contributed by atoms with Gasteiger partial charge in [-0.05, 0) is 70.6 Å².